The third kappa shape index (κ3) is 2.58. The molecule has 1 aromatic carbocycles. The molecule has 0 bridgehead atoms. The SMILES string of the molecule is Cc1ccc(C(Cc2csc3ccccc23)NN)cn1. The first-order chi connectivity index (χ1) is 9.78. The van der Waals surface area contributed by atoms with Crippen LogP contribution in [0.25, 0.3) is 10.1 Å². The van der Waals surface area contributed by atoms with Crippen molar-refractivity contribution in [2.75, 3.05) is 0 Å². The molecule has 0 fully saturated rings. The summed E-state index contributed by atoms with van der Waals surface area (Å²) in [4.78, 5) is 4.35. The van der Waals surface area contributed by atoms with Crippen molar-refractivity contribution in [1.82, 2.24) is 10.4 Å². The Morgan fingerprint density at radius 3 is 2.85 bits per heavy atom. The van der Waals surface area contributed by atoms with Gasteiger partial charge in [-0.1, -0.05) is 24.3 Å². The van der Waals surface area contributed by atoms with Crippen LogP contribution in [0.2, 0.25) is 0 Å². The van der Waals surface area contributed by atoms with Crippen LogP contribution < -0.4 is 11.3 Å². The van der Waals surface area contributed by atoms with Crippen LogP contribution in [0, 0.1) is 6.92 Å². The lowest BCUT2D eigenvalue weighted by atomic mass is 10.00. The summed E-state index contributed by atoms with van der Waals surface area (Å²) in [7, 11) is 0. The summed E-state index contributed by atoms with van der Waals surface area (Å²) < 4.78 is 1.32. The number of pyridine rings is 1. The Morgan fingerprint density at radius 1 is 1.25 bits per heavy atom. The summed E-state index contributed by atoms with van der Waals surface area (Å²) in [5.41, 5.74) is 6.37. The maximum absolute atomic E-state index is 5.73. The zero-order chi connectivity index (χ0) is 13.9. The van der Waals surface area contributed by atoms with E-state index in [1.807, 2.05) is 19.2 Å². The van der Waals surface area contributed by atoms with Gasteiger partial charge in [0, 0.05) is 16.6 Å². The quantitative estimate of drug-likeness (QED) is 0.570. The number of benzene rings is 1. The molecule has 0 amide bonds. The van der Waals surface area contributed by atoms with Crippen molar-refractivity contribution in [2.24, 2.45) is 5.84 Å². The van der Waals surface area contributed by atoms with Gasteiger partial charge in [0.15, 0.2) is 0 Å². The number of aromatic nitrogens is 1. The lowest BCUT2D eigenvalue weighted by Crippen LogP contribution is -2.29. The van der Waals surface area contributed by atoms with Gasteiger partial charge in [0.25, 0.3) is 0 Å². The lowest BCUT2D eigenvalue weighted by Gasteiger charge is -2.15. The average molecular weight is 283 g/mol. The molecule has 0 saturated heterocycles. The van der Waals surface area contributed by atoms with Crippen LogP contribution in [0.1, 0.15) is 22.9 Å². The van der Waals surface area contributed by atoms with Crippen LogP contribution in [0.3, 0.4) is 0 Å². The van der Waals surface area contributed by atoms with Crippen LogP contribution in [0.15, 0.2) is 48.0 Å². The number of aryl methyl sites for hydroxylation is 1. The number of nitrogens with one attached hydrogen (secondary N) is 1. The van der Waals surface area contributed by atoms with E-state index in [0.29, 0.717) is 0 Å². The highest BCUT2D eigenvalue weighted by molar-refractivity contribution is 7.17. The van der Waals surface area contributed by atoms with E-state index < -0.39 is 0 Å². The molecule has 2 heterocycles. The molecule has 1 atom stereocenters. The lowest BCUT2D eigenvalue weighted by molar-refractivity contribution is 0.552. The number of thiophene rings is 1. The number of nitrogens with two attached hydrogens (primary N) is 1. The fourth-order valence-corrected chi connectivity index (χ4v) is 3.34. The van der Waals surface area contributed by atoms with Gasteiger partial charge in [-0.3, -0.25) is 16.3 Å². The summed E-state index contributed by atoms with van der Waals surface area (Å²) in [6.45, 7) is 1.99. The Hall–Kier alpha value is -1.75. The first-order valence-corrected chi connectivity index (χ1v) is 7.49. The number of hydrogen-bond acceptors (Lipinski definition) is 4. The van der Waals surface area contributed by atoms with E-state index in [-0.39, 0.29) is 6.04 Å². The van der Waals surface area contributed by atoms with Gasteiger partial charge in [0.2, 0.25) is 0 Å². The third-order valence-corrected chi connectivity index (χ3v) is 4.54. The molecule has 3 nitrogen and oxygen atoms in total. The van der Waals surface area contributed by atoms with E-state index in [1.54, 1.807) is 11.3 Å². The molecule has 20 heavy (non-hydrogen) atoms. The first-order valence-electron chi connectivity index (χ1n) is 6.61. The third-order valence-electron chi connectivity index (χ3n) is 3.52. The number of hydrogen-bond donors (Lipinski definition) is 2. The normalized spacial score (nSPS) is 12.7. The zero-order valence-electron chi connectivity index (χ0n) is 11.3. The van der Waals surface area contributed by atoms with Crippen molar-refractivity contribution in [2.45, 2.75) is 19.4 Å². The van der Waals surface area contributed by atoms with Gasteiger partial charge in [0.05, 0.1) is 6.04 Å². The fourth-order valence-electron chi connectivity index (χ4n) is 2.37. The molecular weight excluding hydrogens is 266 g/mol. The van der Waals surface area contributed by atoms with Gasteiger partial charge in [-0.2, -0.15) is 0 Å². The molecule has 3 N–H and O–H groups in total. The summed E-state index contributed by atoms with van der Waals surface area (Å²) in [6, 6.07) is 12.7. The first kappa shape index (κ1) is 13.2. The van der Waals surface area contributed by atoms with Crippen molar-refractivity contribution >= 4 is 21.4 Å². The minimum Gasteiger partial charge on any atom is -0.271 e. The molecule has 102 valence electrons. The van der Waals surface area contributed by atoms with Crippen molar-refractivity contribution in [1.29, 1.82) is 0 Å². The standard InChI is InChI=1S/C16H17N3S/c1-11-6-7-12(9-18-11)15(19-17)8-13-10-20-16-5-3-2-4-14(13)16/h2-7,9-10,15,19H,8,17H2,1H3. The number of nitrogens with zero attached hydrogens (tertiary/aromatic N) is 1. The van der Waals surface area contributed by atoms with Gasteiger partial charge in [-0.05, 0) is 47.4 Å². The molecule has 2 aromatic heterocycles. The second-order valence-electron chi connectivity index (χ2n) is 4.91. The van der Waals surface area contributed by atoms with Crippen LogP contribution in [-0.4, -0.2) is 4.98 Å². The second-order valence-corrected chi connectivity index (χ2v) is 5.82. The number of rotatable bonds is 4. The van der Waals surface area contributed by atoms with Crippen molar-refractivity contribution in [3.05, 3.63) is 64.8 Å². The summed E-state index contributed by atoms with van der Waals surface area (Å²) in [5, 5.41) is 3.54. The molecule has 4 heteroatoms. The summed E-state index contributed by atoms with van der Waals surface area (Å²) in [5.74, 6) is 5.73. The average Bonchev–Trinajstić information content (AvgIpc) is 2.89. The van der Waals surface area contributed by atoms with Crippen molar-refractivity contribution in [3.63, 3.8) is 0 Å². The molecule has 0 radical (unpaired) electrons. The molecule has 3 aromatic rings. The highest BCUT2D eigenvalue weighted by Gasteiger charge is 2.13. The summed E-state index contributed by atoms with van der Waals surface area (Å²) in [6.07, 6.45) is 2.76. The van der Waals surface area contributed by atoms with E-state index in [0.717, 1.165) is 17.7 Å². The predicted molar refractivity (Wildman–Crippen MR) is 84.6 cm³/mol. The zero-order valence-corrected chi connectivity index (χ0v) is 12.2. The Balaban J connectivity index is 1.89. The maximum Gasteiger partial charge on any atom is 0.0516 e. The molecule has 0 aliphatic carbocycles. The van der Waals surface area contributed by atoms with Gasteiger partial charge >= 0.3 is 0 Å². The topological polar surface area (TPSA) is 50.9 Å². The fraction of sp³-hybridized carbons (Fsp3) is 0.188. The molecule has 0 saturated carbocycles. The monoisotopic (exact) mass is 283 g/mol. The van der Waals surface area contributed by atoms with E-state index in [1.165, 1.54) is 15.6 Å². The Bertz CT molecular complexity index is 703. The Morgan fingerprint density at radius 2 is 2.10 bits per heavy atom. The predicted octanol–water partition coefficient (Wildman–Crippen LogP) is 3.35. The minimum atomic E-state index is 0.0844. The van der Waals surface area contributed by atoms with Gasteiger partial charge in [-0.25, -0.2) is 0 Å². The molecular formula is C16H17N3S. The van der Waals surface area contributed by atoms with Gasteiger partial charge < -0.3 is 0 Å². The minimum absolute atomic E-state index is 0.0844. The molecule has 0 spiro atoms. The Labute approximate surface area is 122 Å². The highest BCUT2D eigenvalue weighted by atomic mass is 32.1. The van der Waals surface area contributed by atoms with Gasteiger partial charge in [0.1, 0.15) is 0 Å². The van der Waals surface area contributed by atoms with Crippen molar-refractivity contribution < 1.29 is 0 Å². The number of fused-ring (bicyclic) bond motifs is 1. The van der Waals surface area contributed by atoms with E-state index in [2.05, 4.69) is 46.1 Å². The highest BCUT2D eigenvalue weighted by Crippen LogP contribution is 2.29. The van der Waals surface area contributed by atoms with Crippen LogP contribution in [0.5, 0.6) is 0 Å². The number of hydrazine groups is 1. The summed E-state index contributed by atoms with van der Waals surface area (Å²) >= 11 is 1.78. The molecule has 3 rings (SSSR count). The maximum atomic E-state index is 5.73. The smallest absolute Gasteiger partial charge is 0.0516 e. The molecule has 0 aliphatic rings. The van der Waals surface area contributed by atoms with Crippen LogP contribution >= 0.6 is 11.3 Å². The van der Waals surface area contributed by atoms with E-state index in [9.17, 15) is 0 Å². The molecule has 1 unspecified atom stereocenters. The largest absolute Gasteiger partial charge is 0.271 e. The Kier molecular flexibility index (Phi) is 3.78. The van der Waals surface area contributed by atoms with E-state index >= 15 is 0 Å². The van der Waals surface area contributed by atoms with E-state index in [4.69, 9.17) is 5.84 Å². The van der Waals surface area contributed by atoms with Gasteiger partial charge in [-0.15, -0.1) is 11.3 Å². The van der Waals surface area contributed by atoms with Crippen molar-refractivity contribution in [3.8, 4) is 0 Å². The van der Waals surface area contributed by atoms with Crippen LogP contribution in [-0.2, 0) is 6.42 Å². The second kappa shape index (κ2) is 5.71. The molecule has 0 aliphatic heterocycles. The van der Waals surface area contributed by atoms with Crippen LogP contribution in [0.4, 0.5) is 0 Å².